The molecule has 0 fully saturated rings. The molecule has 0 spiro atoms. The molecular formula is C32H32Cl2N4O4S. The van der Waals surface area contributed by atoms with Gasteiger partial charge in [-0.25, -0.2) is 9.48 Å². The van der Waals surface area contributed by atoms with Gasteiger partial charge in [0.15, 0.2) is 11.5 Å². The number of benzene rings is 3. The van der Waals surface area contributed by atoms with Crippen LogP contribution in [-0.4, -0.2) is 33.4 Å². The smallest absolute Gasteiger partial charge is 0.338 e. The van der Waals surface area contributed by atoms with Crippen molar-refractivity contribution in [2.45, 2.75) is 57.4 Å². The molecule has 2 heterocycles. The summed E-state index contributed by atoms with van der Waals surface area (Å²) < 4.78 is 19.5. The molecule has 3 aromatic carbocycles. The van der Waals surface area contributed by atoms with Crippen LogP contribution < -0.4 is 14.8 Å². The van der Waals surface area contributed by atoms with Crippen molar-refractivity contribution in [3.8, 4) is 11.5 Å². The van der Waals surface area contributed by atoms with E-state index in [1.807, 2.05) is 94.4 Å². The Morgan fingerprint density at radius 1 is 1.00 bits per heavy atom. The maximum absolute atomic E-state index is 13.5. The van der Waals surface area contributed by atoms with Crippen molar-refractivity contribution in [1.29, 1.82) is 0 Å². The Bertz CT molecular complexity index is 1660. The first kappa shape index (κ1) is 30.8. The van der Waals surface area contributed by atoms with Gasteiger partial charge in [0.2, 0.25) is 11.1 Å². The van der Waals surface area contributed by atoms with E-state index in [9.17, 15) is 4.79 Å². The van der Waals surface area contributed by atoms with E-state index in [-0.39, 0.29) is 12.7 Å². The average molecular weight is 640 g/mol. The molecule has 1 unspecified atom stereocenters. The molecule has 11 heteroatoms. The number of anilines is 1. The summed E-state index contributed by atoms with van der Waals surface area (Å²) in [7, 11) is 0. The fourth-order valence-electron chi connectivity index (χ4n) is 4.65. The summed E-state index contributed by atoms with van der Waals surface area (Å²) in [5.74, 6) is 1.76. The molecule has 224 valence electrons. The zero-order chi connectivity index (χ0) is 30.5. The van der Waals surface area contributed by atoms with Crippen LogP contribution >= 0.6 is 35.0 Å². The number of thioether (sulfide) groups is 1. The Morgan fingerprint density at radius 3 is 2.37 bits per heavy atom. The van der Waals surface area contributed by atoms with E-state index >= 15 is 0 Å². The van der Waals surface area contributed by atoms with E-state index in [0.717, 1.165) is 16.7 Å². The van der Waals surface area contributed by atoms with Crippen LogP contribution in [0.4, 0.5) is 5.95 Å². The molecular weight excluding hydrogens is 607 g/mol. The van der Waals surface area contributed by atoms with E-state index in [1.165, 1.54) is 11.8 Å². The average Bonchev–Trinajstić information content (AvgIpc) is 3.38. The fraction of sp³-hybridized carbons (Fsp3) is 0.281. The van der Waals surface area contributed by atoms with Crippen LogP contribution in [0, 0.1) is 0 Å². The highest BCUT2D eigenvalue weighted by Gasteiger charge is 2.36. The number of aromatic nitrogens is 3. The minimum absolute atomic E-state index is 0.274. The summed E-state index contributed by atoms with van der Waals surface area (Å²) in [5, 5.41) is 9.93. The number of hydrogen-bond donors (Lipinski definition) is 1. The third-order valence-corrected chi connectivity index (χ3v) is 8.26. The van der Waals surface area contributed by atoms with Gasteiger partial charge < -0.3 is 19.5 Å². The van der Waals surface area contributed by atoms with Crippen LogP contribution in [0.5, 0.6) is 11.5 Å². The molecule has 8 nitrogen and oxygen atoms in total. The van der Waals surface area contributed by atoms with E-state index in [1.54, 1.807) is 4.68 Å². The van der Waals surface area contributed by atoms with Gasteiger partial charge in [-0.1, -0.05) is 77.4 Å². The molecule has 1 aliphatic heterocycles. The van der Waals surface area contributed by atoms with Crippen LogP contribution in [0.2, 0.25) is 10.0 Å². The highest BCUT2D eigenvalue weighted by atomic mass is 35.5. The molecule has 0 amide bonds. The first-order chi connectivity index (χ1) is 20.7. The standard InChI is InChI=1S/C32H32Cl2N4O4S/c1-5-40-27-16-21(14-15-26(27)41-17-22-10-6-8-12-24(22)33)29-28(30(39)42-19(2)3)20(4)35-31-36-32(37-38(29)31)43-18-23-11-7-9-13-25(23)34/h6-16,19,29H,5,17-18H2,1-4H3,(H,35,36,37). The predicted octanol–water partition coefficient (Wildman–Crippen LogP) is 8.10. The molecule has 1 aromatic heterocycles. The Morgan fingerprint density at radius 2 is 1.70 bits per heavy atom. The first-order valence-corrected chi connectivity index (χ1v) is 15.6. The number of hydrogen-bond acceptors (Lipinski definition) is 8. The normalized spacial score (nSPS) is 14.3. The molecule has 0 radical (unpaired) electrons. The molecule has 0 aliphatic carbocycles. The topological polar surface area (TPSA) is 87.5 Å². The van der Waals surface area contributed by atoms with Crippen LogP contribution in [-0.2, 0) is 21.9 Å². The van der Waals surface area contributed by atoms with E-state index in [2.05, 4.69) is 5.32 Å². The molecule has 0 saturated carbocycles. The Balaban J connectivity index is 1.50. The highest BCUT2D eigenvalue weighted by Crippen LogP contribution is 2.40. The van der Waals surface area contributed by atoms with Crippen molar-refractivity contribution < 1.29 is 19.0 Å². The van der Waals surface area contributed by atoms with Gasteiger partial charge in [0, 0.05) is 27.1 Å². The lowest BCUT2D eigenvalue weighted by molar-refractivity contribution is -0.143. The third-order valence-electron chi connectivity index (χ3n) is 6.63. The fourth-order valence-corrected chi connectivity index (χ4v) is 5.96. The molecule has 0 bridgehead atoms. The van der Waals surface area contributed by atoms with Gasteiger partial charge in [-0.2, -0.15) is 4.98 Å². The van der Waals surface area contributed by atoms with Gasteiger partial charge >= 0.3 is 5.97 Å². The van der Waals surface area contributed by atoms with Crippen molar-refractivity contribution in [3.63, 3.8) is 0 Å². The van der Waals surface area contributed by atoms with Crippen molar-refractivity contribution >= 4 is 46.9 Å². The van der Waals surface area contributed by atoms with Crippen molar-refractivity contribution in [3.05, 3.63) is 105 Å². The van der Waals surface area contributed by atoms with Gasteiger partial charge in [-0.05, 0) is 63.1 Å². The number of carbonyl (C=O) groups excluding carboxylic acids is 1. The lowest BCUT2D eigenvalue weighted by Crippen LogP contribution is -2.30. The first-order valence-electron chi connectivity index (χ1n) is 13.9. The summed E-state index contributed by atoms with van der Waals surface area (Å²) in [6.07, 6.45) is -0.299. The molecule has 1 atom stereocenters. The lowest BCUT2D eigenvalue weighted by Gasteiger charge is -2.29. The zero-order valence-electron chi connectivity index (χ0n) is 24.3. The molecule has 1 aliphatic rings. The molecule has 43 heavy (non-hydrogen) atoms. The monoisotopic (exact) mass is 638 g/mol. The zero-order valence-corrected chi connectivity index (χ0v) is 26.6. The van der Waals surface area contributed by atoms with Crippen LogP contribution in [0.1, 0.15) is 50.4 Å². The predicted molar refractivity (Wildman–Crippen MR) is 170 cm³/mol. The van der Waals surface area contributed by atoms with E-state index in [0.29, 0.717) is 56.3 Å². The third kappa shape index (κ3) is 7.12. The summed E-state index contributed by atoms with van der Waals surface area (Å²) in [6.45, 7) is 8.08. The number of nitrogens with zero attached hydrogens (tertiary/aromatic N) is 3. The van der Waals surface area contributed by atoms with Crippen molar-refractivity contribution in [2.24, 2.45) is 0 Å². The van der Waals surface area contributed by atoms with Crippen molar-refractivity contribution in [2.75, 3.05) is 11.9 Å². The summed E-state index contributed by atoms with van der Waals surface area (Å²) in [6, 6.07) is 20.2. The number of nitrogens with one attached hydrogen (secondary N) is 1. The largest absolute Gasteiger partial charge is 0.490 e. The number of fused-ring (bicyclic) bond motifs is 1. The van der Waals surface area contributed by atoms with Gasteiger partial charge in [0.1, 0.15) is 12.6 Å². The quantitative estimate of drug-likeness (QED) is 0.130. The van der Waals surface area contributed by atoms with Gasteiger partial charge in [0.05, 0.1) is 18.3 Å². The summed E-state index contributed by atoms with van der Waals surface area (Å²) >= 11 is 14.2. The maximum Gasteiger partial charge on any atom is 0.338 e. The number of halogens is 2. The molecule has 5 rings (SSSR count). The second-order valence-corrected chi connectivity index (χ2v) is 11.8. The SMILES string of the molecule is CCOc1cc(C2C(C(=O)OC(C)C)=C(C)Nc3nc(SCc4ccccc4Cl)nn32)ccc1OCc1ccccc1Cl. The number of esters is 1. The molecule has 0 saturated heterocycles. The maximum atomic E-state index is 13.5. The number of allylic oxidation sites excluding steroid dienone is 1. The summed E-state index contributed by atoms with van der Waals surface area (Å²) in [5.41, 5.74) is 3.67. The second kappa shape index (κ2) is 13.8. The minimum Gasteiger partial charge on any atom is -0.490 e. The Hall–Kier alpha value is -3.66. The highest BCUT2D eigenvalue weighted by molar-refractivity contribution is 7.98. The van der Waals surface area contributed by atoms with Crippen LogP contribution in [0.25, 0.3) is 0 Å². The van der Waals surface area contributed by atoms with E-state index < -0.39 is 12.0 Å². The van der Waals surface area contributed by atoms with Crippen molar-refractivity contribution in [1.82, 2.24) is 14.8 Å². The van der Waals surface area contributed by atoms with E-state index in [4.69, 9.17) is 47.5 Å². The number of carbonyl (C=O) groups is 1. The van der Waals surface area contributed by atoms with Gasteiger partial charge in [-0.15, -0.1) is 5.10 Å². The lowest BCUT2D eigenvalue weighted by atomic mass is 9.95. The minimum atomic E-state index is -0.624. The Kier molecular flexibility index (Phi) is 9.85. The second-order valence-electron chi connectivity index (χ2n) is 10.1. The van der Waals surface area contributed by atoms with Crippen LogP contribution in [0.15, 0.2) is 83.2 Å². The van der Waals surface area contributed by atoms with Crippen LogP contribution in [0.3, 0.4) is 0 Å². The number of ether oxygens (including phenoxy) is 3. The summed E-state index contributed by atoms with van der Waals surface area (Å²) in [4.78, 5) is 18.2. The number of rotatable bonds is 11. The molecule has 4 aromatic rings. The van der Waals surface area contributed by atoms with Gasteiger partial charge in [-0.3, -0.25) is 0 Å². The molecule has 1 N–H and O–H groups in total. The Labute approximate surface area is 265 Å². The van der Waals surface area contributed by atoms with Gasteiger partial charge in [0.25, 0.3) is 0 Å².